The van der Waals surface area contributed by atoms with Crippen LogP contribution < -0.4 is 0 Å². The van der Waals surface area contributed by atoms with Crippen LogP contribution in [0.4, 0.5) is 0 Å². The Morgan fingerprint density at radius 1 is 0.333 bits per heavy atom. The summed E-state index contributed by atoms with van der Waals surface area (Å²) in [6.07, 6.45) is 1.94. The van der Waals surface area contributed by atoms with Crippen molar-refractivity contribution >= 4 is 32.3 Å². The number of hydrogen-bond acceptors (Lipinski definition) is 1. The molecule has 0 bridgehead atoms. The van der Waals surface area contributed by atoms with E-state index in [-0.39, 0.29) is 0 Å². The number of benzene rings is 7. The molecule has 7 aromatic carbocycles. The molecule has 0 saturated carbocycles. The summed E-state index contributed by atoms with van der Waals surface area (Å²) in [5.74, 6) is 0. The van der Waals surface area contributed by atoms with Crippen molar-refractivity contribution in [3.05, 3.63) is 164 Å². The third-order valence-corrected chi connectivity index (χ3v) is 8.31. The number of aromatic nitrogens is 1. The summed E-state index contributed by atoms with van der Waals surface area (Å²) in [5.41, 5.74) is 9.43. The summed E-state index contributed by atoms with van der Waals surface area (Å²) in [5, 5.41) is 7.48. The molecule has 0 amide bonds. The van der Waals surface area contributed by atoms with Crippen LogP contribution in [-0.4, -0.2) is 4.98 Å². The second-order valence-electron chi connectivity index (χ2n) is 10.7. The van der Waals surface area contributed by atoms with E-state index in [0.717, 1.165) is 11.3 Å². The summed E-state index contributed by atoms with van der Waals surface area (Å²) in [4.78, 5) is 4.87. The van der Waals surface area contributed by atoms with Crippen LogP contribution in [0.1, 0.15) is 0 Å². The average Bonchev–Trinajstić information content (AvgIpc) is 3.07. The fourth-order valence-corrected chi connectivity index (χ4v) is 6.40. The first kappa shape index (κ1) is 24.3. The second kappa shape index (κ2) is 10.1. The molecule has 8 aromatic rings. The van der Waals surface area contributed by atoms with Gasteiger partial charge in [-0.15, -0.1) is 0 Å². The Kier molecular flexibility index (Phi) is 5.86. The van der Waals surface area contributed by atoms with Gasteiger partial charge in [-0.1, -0.05) is 140 Å². The minimum atomic E-state index is 0.968. The molecule has 1 nitrogen and oxygen atoms in total. The van der Waals surface area contributed by atoms with E-state index in [2.05, 4.69) is 158 Å². The van der Waals surface area contributed by atoms with E-state index in [1.807, 2.05) is 6.20 Å². The van der Waals surface area contributed by atoms with Crippen LogP contribution >= 0.6 is 0 Å². The highest BCUT2D eigenvalue weighted by Crippen LogP contribution is 2.44. The Morgan fingerprint density at radius 2 is 0.905 bits per heavy atom. The molecule has 0 aliphatic heterocycles. The van der Waals surface area contributed by atoms with Crippen LogP contribution in [0.5, 0.6) is 0 Å². The van der Waals surface area contributed by atoms with E-state index >= 15 is 0 Å². The van der Waals surface area contributed by atoms with Gasteiger partial charge in [-0.05, 0) is 83.9 Å². The molecular weight excluding hydrogens is 506 g/mol. The van der Waals surface area contributed by atoms with E-state index in [4.69, 9.17) is 4.98 Å². The average molecular weight is 534 g/mol. The van der Waals surface area contributed by atoms with Gasteiger partial charge in [-0.3, -0.25) is 4.98 Å². The van der Waals surface area contributed by atoms with Crippen molar-refractivity contribution in [2.24, 2.45) is 0 Å². The van der Waals surface area contributed by atoms with E-state index in [1.165, 1.54) is 65.7 Å². The van der Waals surface area contributed by atoms with Gasteiger partial charge in [0, 0.05) is 11.8 Å². The van der Waals surface area contributed by atoms with Gasteiger partial charge in [0.1, 0.15) is 0 Å². The Bertz CT molecular complexity index is 2230. The van der Waals surface area contributed by atoms with E-state index in [9.17, 15) is 0 Å². The molecule has 196 valence electrons. The molecule has 0 atom stereocenters. The van der Waals surface area contributed by atoms with Crippen molar-refractivity contribution in [3.8, 4) is 44.6 Å². The summed E-state index contributed by atoms with van der Waals surface area (Å²) < 4.78 is 0. The van der Waals surface area contributed by atoms with Crippen molar-refractivity contribution in [1.29, 1.82) is 0 Å². The maximum absolute atomic E-state index is 4.87. The van der Waals surface area contributed by atoms with Gasteiger partial charge in [0.05, 0.1) is 5.69 Å². The first-order valence-corrected chi connectivity index (χ1v) is 14.4. The zero-order chi connectivity index (χ0) is 27.9. The molecule has 0 aliphatic rings. The molecule has 0 aliphatic carbocycles. The molecule has 8 rings (SSSR count). The molecular formula is C41H27N. The lowest BCUT2D eigenvalue weighted by Crippen LogP contribution is -1.92. The standard InChI is InChI=1S/C41H27N/c1-3-13-29(14-4-1)40-35-19-9-10-20-36(35)41(30-15-5-2-6-16-30)38-26-32(22-23-37(38)40)39-27-31(24-25-42-39)34-21-11-17-28-12-7-8-18-33(28)34/h1-27H. The first-order chi connectivity index (χ1) is 20.8. The molecule has 0 fully saturated rings. The highest BCUT2D eigenvalue weighted by atomic mass is 14.7. The van der Waals surface area contributed by atoms with Crippen molar-refractivity contribution in [1.82, 2.24) is 4.98 Å². The van der Waals surface area contributed by atoms with Gasteiger partial charge >= 0.3 is 0 Å². The Hall–Kier alpha value is -5.53. The maximum atomic E-state index is 4.87. The van der Waals surface area contributed by atoms with E-state index < -0.39 is 0 Å². The van der Waals surface area contributed by atoms with Crippen LogP contribution in [0.2, 0.25) is 0 Å². The fourth-order valence-electron chi connectivity index (χ4n) is 6.40. The normalized spacial score (nSPS) is 11.3. The highest BCUT2D eigenvalue weighted by Gasteiger charge is 2.17. The summed E-state index contributed by atoms with van der Waals surface area (Å²) in [6.45, 7) is 0. The number of hydrogen-bond donors (Lipinski definition) is 0. The molecule has 1 heterocycles. The topological polar surface area (TPSA) is 12.9 Å². The lowest BCUT2D eigenvalue weighted by molar-refractivity contribution is 1.33. The zero-order valence-corrected chi connectivity index (χ0v) is 23.0. The molecule has 0 radical (unpaired) electrons. The van der Waals surface area contributed by atoms with Crippen LogP contribution in [0, 0.1) is 0 Å². The minimum absolute atomic E-state index is 0.968. The van der Waals surface area contributed by atoms with Crippen molar-refractivity contribution < 1.29 is 0 Å². The molecule has 0 N–H and O–H groups in total. The van der Waals surface area contributed by atoms with E-state index in [1.54, 1.807) is 0 Å². The number of rotatable bonds is 4. The van der Waals surface area contributed by atoms with Crippen molar-refractivity contribution in [3.63, 3.8) is 0 Å². The Balaban J connectivity index is 1.40. The second-order valence-corrected chi connectivity index (χ2v) is 10.7. The SMILES string of the molecule is c1ccc(-c2c3ccccc3c(-c3ccccc3)c3cc(-c4cc(-c5cccc6ccccc56)ccn4)ccc23)cc1. The number of nitrogens with zero attached hydrogens (tertiary/aromatic N) is 1. The molecule has 0 spiro atoms. The maximum Gasteiger partial charge on any atom is 0.0708 e. The third kappa shape index (κ3) is 4.06. The number of pyridine rings is 1. The van der Waals surface area contributed by atoms with Gasteiger partial charge < -0.3 is 0 Å². The molecule has 0 unspecified atom stereocenters. The first-order valence-electron chi connectivity index (χ1n) is 14.4. The lowest BCUT2D eigenvalue weighted by atomic mass is 9.85. The quantitative estimate of drug-likeness (QED) is 0.205. The fraction of sp³-hybridized carbons (Fsp3) is 0. The predicted octanol–water partition coefficient (Wildman–Crippen LogP) is 11.2. The molecule has 1 aromatic heterocycles. The van der Waals surface area contributed by atoms with Gasteiger partial charge in [-0.25, -0.2) is 0 Å². The molecule has 1 heteroatoms. The van der Waals surface area contributed by atoms with Crippen LogP contribution in [0.15, 0.2) is 164 Å². The Labute approximate surface area is 245 Å². The van der Waals surface area contributed by atoms with Gasteiger partial charge in [0.2, 0.25) is 0 Å². The smallest absolute Gasteiger partial charge is 0.0708 e. The number of fused-ring (bicyclic) bond motifs is 3. The Morgan fingerprint density at radius 3 is 1.62 bits per heavy atom. The van der Waals surface area contributed by atoms with Crippen molar-refractivity contribution in [2.45, 2.75) is 0 Å². The van der Waals surface area contributed by atoms with Crippen molar-refractivity contribution in [2.75, 3.05) is 0 Å². The van der Waals surface area contributed by atoms with Crippen LogP contribution in [0.3, 0.4) is 0 Å². The zero-order valence-electron chi connectivity index (χ0n) is 23.0. The molecule has 42 heavy (non-hydrogen) atoms. The van der Waals surface area contributed by atoms with Gasteiger partial charge in [-0.2, -0.15) is 0 Å². The predicted molar refractivity (Wildman–Crippen MR) is 178 cm³/mol. The lowest BCUT2D eigenvalue weighted by Gasteiger charge is -2.18. The van der Waals surface area contributed by atoms with E-state index in [0.29, 0.717) is 0 Å². The van der Waals surface area contributed by atoms with Gasteiger partial charge in [0.15, 0.2) is 0 Å². The summed E-state index contributed by atoms with van der Waals surface area (Å²) in [6, 6.07) is 56.6. The third-order valence-electron chi connectivity index (χ3n) is 8.31. The highest BCUT2D eigenvalue weighted by molar-refractivity contribution is 6.21. The summed E-state index contributed by atoms with van der Waals surface area (Å²) in [7, 11) is 0. The minimum Gasteiger partial charge on any atom is -0.256 e. The van der Waals surface area contributed by atoms with Crippen LogP contribution in [-0.2, 0) is 0 Å². The monoisotopic (exact) mass is 533 g/mol. The van der Waals surface area contributed by atoms with Crippen LogP contribution in [0.25, 0.3) is 77.0 Å². The van der Waals surface area contributed by atoms with Gasteiger partial charge in [0.25, 0.3) is 0 Å². The summed E-state index contributed by atoms with van der Waals surface area (Å²) >= 11 is 0. The largest absolute Gasteiger partial charge is 0.256 e. The molecule has 0 saturated heterocycles.